The number of amides is 1. The number of hydrogen-bond donors (Lipinski definition) is 1. The van der Waals surface area contributed by atoms with Crippen molar-refractivity contribution in [2.75, 3.05) is 11.9 Å². The monoisotopic (exact) mass is 452 g/mol. The van der Waals surface area contributed by atoms with Gasteiger partial charge in [-0.3, -0.25) is 10.1 Å². The lowest BCUT2D eigenvalue weighted by molar-refractivity contribution is -0.140. The van der Waals surface area contributed by atoms with Gasteiger partial charge in [-0.1, -0.05) is 79.0 Å². The summed E-state index contributed by atoms with van der Waals surface area (Å²) in [6, 6.07) is 14.9. The number of nitrogens with one attached hydrogen (secondary N) is 1. The summed E-state index contributed by atoms with van der Waals surface area (Å²) in [5.41, 5.74) is 2.58. The molecule has 0 aliphatic carbocycles. The standard InChI is InChI=1S/C21H19Cl3N2O3/c1-19(2)13-8-4-5-9-14(13)26(3)17(19)12-18(27)25-21(20(22,23)24)28-15-10-6-7-11-16(15)29-21/h4-12H,1-3H3,(H,25,27)/b17-12-. The molecule has 0 spiro atoms. The Morgan fingerprint density at radius 3 is 2.14 bits per heavy atom. The Kier molecular flexibility index (Phi) is 4.69. The third-order valence-electron chi connectivity index (χ3n) is 5.23. The number of rotatable bonds is 2. The summed E-state index contributed by atoms with van der Waals surface area (Å²) < 4.78 is 9.40. The molecule has 2 aliphatic rings. The predicted octanol–water partition coefficient (Wildman–Crippen LogP) is 4.91. The van der Waals surface area contributed by atoms with E-state index in [9.17, 15) is 4.79 Å². The summed E-state index contributed by atoms with van der Waals surface area (Å²) in [5.74, 6) is -1.74. The molecule has 29 heavy (non-hydrogen) atoms. The van der Waals surface area contributed by atoms with Crippen LogP contribution in [0.3, 0.4) is 0 Å². The smallest absolute Gasteiger partial charge is 0.388 e. The van der Waals surface area contributed by atoms with E-state index in [1.807, 2.05) is 36.2 Å². The predicted molar refractivity (Wildman–Crippen MR) is 115 cm³/mol. The van der Waals surface area contributed by atoms with E-state index in [2.05, 4.69) is 19.2 Å². The summed E-state index contributed by atoms with van der Waals surface area (Å²) in [6.45, 7) is 4.11. The molecular weight excluding hydrogens is 435 g/mol. The number of para-hydroxylation sites is 3. The van der Waals surface area contributed by atoms with E-state index in [-0.39, 0.29) is 5.41 Å². The van der Waals surface area contributed by atoms with Crippen molar-refractivity contribution in [3.63, 3.8) is 0 Å². The summed E-state index contributed by atoms with van der Waals surface area (Å²) in [5, 5.41) is 2.61. The molecule has 1 N–H and O–H groups in total. The lowest BCUT2D eigenvalue weighted by Crippen LogP contribution is -2.63. The first-order valence-electron chi connectivity index (χ1n) is 8.96. The van der Waals surface area contributed by atoms with Gasteiger partial charge in [0.25, 0.3) is 9.70 Å². The molecule has 8 heteroatoms. The van der Waals surface area contributed by atoms with Gasteiger partial charge in [0.15, 0.2) is 11.5 Å². The number of allylic oxidation sites excluding steroid dienone is 1. The van der Waals surface area contributed by atoms with Gasteiger partial charge >= 0.3 is 5.91 Å². The third kappa shape index (κ3) is 3.21. The first kappa shape index (κ1) is 20.2. The maximum absolute atomic E-state index is 13.0. The Morgan fingerprint density at radius 2 is 1.59 bits per heavy atom. The highest BCUT2D eigenvalue weighted by atomic mass is 35.6. The second kappa shape index (κ2) is 6.73. The van der Waals surface area contributed by atoms with Crippen LogP contribution in [0.1, 0.15) is 19.4 Å². The highest BCUT2D eigenvalue weighted by Gasteiger charge is 2.59. The Hall–Kier alpha value is -2.08. The van der Waals surface area contributed by atoms with Crippen LogP contribution in [0.25, 0.3) is 0 Å². The molecule has 0 radical (unpaired) electrons. The highest BCUT2D eigenvalue weighted by Crippen LogP contribution is 2.49. The van der Waals surface area contributed by atoms with Gasteiger partial charge in [-0.15, -0.1) is 0 Å². The minimum Gasteiger partial charge on any atom is -0.428 e. The van der Waals surface area contributed by atoms with Crippen molar-refractivity contribution < 1.29 is 14.3 Å². The molecule has 0 saturated carbocycles. The molecule has 0 atom stereocenters. The zero-order valence-electron chi connectivity index (χ0n) is 16.0. The van der Waals surface area contributed by atoms with Crippen molar-refractivity contribution >= 4 is 46.4 Å². The largest absolute Gasteiger partial charge is 0.428 e. The minimum absolute atomic E-state index is 0.373. The van der Waals surface area contributed by atoms with E-state index < -0.39 is 15.6 Å². The summed E-state index contributed by atoms with van der Waals surface area (Å²) in [7, 11) is 1.91. The number of fused-ring (bicyclic) bond motifs is 2. The second-order valence-electron chi connectivity index (χ2n) is 7.49. The molecule has 1 amide bonds. The van der Waals surface area contributed by atoms with Crippen LogP contribution in [0.15, 0.2) is 60.3 Å². The molecule has 2 aliphatic heterocycles. The van der Waals surface area contributed by atoms with Gasteiger partial charge in [0.05, 0.1) is 0 Å². The number of nitrogens with zero attached hydrogens (tertiary/aromatic N) is 1. The van der Waals surface area contributed by atoms with Gasteiger partial charge in [0.2, 0.25) is 0 Å². The van der Waals surface area contributed by atoms with Gasteiger partial charge < -0.3 is 14.4 Å². The van der Waals surface area contributed by atoms with Gasteiger partial charge in [0.1, 0.15) is 0 Å². The van der Waals surface area contributed by atoms with Crippen molar-refractivity contribution in [3.05, 3.63) is 65.9 Å². The van der Waals surface area contributed by atoms with E-state index in [1.54, 1.807) is 24.3 Å². The molecule has 0 aromatic heterocycles. The average Bonchev–Trinajstić information content (AvgIpc) is 3.12. The summed E-state index contributed by atoms with van der Waals surface area (Å²) in [6.07, 6.45) is 1.48. The highest BCUT2D eigenvalue weighted by molar-refractivity contribution is 6.68. The van der Waals surface area contributed by atoms with Gasteiger partial charge in [0, 0.05) is 29.9 Å². The van der Waals surface area contributed by atoms with Crippen LogP contribution >= 0.6 is 34.8 Å². The van der Waals surface area contributed by atoms with Crippen LogP contribution in [-0.2, 0) is 10.2 Å². The molecule has 0 saturated heterocycles. The van der Waals surface area contributed by atoms with Crippen molar-refractivity contribution in [2.24, 2.45) is 0 Å². The molecule has 5 nitrogen and oxygen atoms in total. The van der Waals surface area contributed by atoms with Crippen molar-refractivity contribution in [2.45, 2.75) is 29.0 Å². The molecule has 4 rings (SSSR count). The van der Waals surface area contributed by atoms with E-state index in [4.69, 9.17) is 44.3 Å². The normalized spacial score (nSPS) is 19.9. The fourth-order valence-corrected chi connectivity index (χ4v) is 4.14. The fraction of sp³-hybridized carbons (Fsp3) is 0.286. The Morgan fingerprint density at radius 1 is 1.03 bits per heavy atom. The number of ether oxygens (including phenoxy) is 2. The Balaban J connectivity index is 1.65. The molecule has 152 valence electrons. The van der Waals surface area contributed by atoms with E-state index in [0.29, 0.717) is 11.5 Å². The minimum atomic E-state index is -2.08. The number of likely N-dealkylation sites (N-methyl/N-ethyl adjacent to an activating group) is 1. The third-order valence-corrected chi connectivity index (χ3v) is 5.97. The number of carbonyl (C=O) groups is 1. The average molecular weight is 454 g/mol. The topological polar surface area (TPSA) is 50.8 Å². The van der Waals surface area contributed by atoms with Crippen LogP contribution in [0, 0.1) is 0 Å². The van der Waals surface area contributed by atoms with Crippen molar-refractivity contribution in [1.82, 2.24) is 5.32 Å². The number of alkyl halides is 3. The van der Waals surface area contributed by atoms with Gasteiger partial charge in [-0.2, -0.15) is 0 Å². The Bertz CT molecular complexity index is 989. The number of benzene rings is 2. The molecular formula is C21H19Cl3N2O3. The zero-order chi connectivity index (χ0) is 21.0. The first-order chi connectivity index (χ1) is 13.6. The Labute approximate surface area is 184 Å². The summed E-state index contributed by atoms with van der Waals surface area (Å²) in [4.78, 5) is 15.0. The van der Waals surface area contributed by atoms with Crippen LogP contribution in [0.2, 0.25) is 0 Å². The SMILES string of the molecule is CN1/C(=C\C(=O)NC2(C(Cl)(Cl)Cl)Oc3ccccc3O2)C(C)(C)c2ccccc21. The number of anilines is 1. The number of halogens is 3. The number of carbonyl (C=O) groups excluding carboxylic acids is 1. The molecule has 0 unspecified atom stereocenters. The maximum Gasteiger partial charge on any atom is 0.388 e. The van der Waals surface area contributed by atoms with Gasteiger partial charge in [-0.25, -0.2) is 0 Å². The quantitative estimate of drug-likeness (QED) is 0.518. The molecule has 0 fully saturated rings. The van der Waals surface area contributed by atoms with Crippen LogP contribution in [0.5, 0.6) is 11.5 Å². The number of hydrogen-bond acceptors (Lipinski definition) is 4. The molecule has 2 aromatic rings. The van der Waals surface area contributed by atoms with Crippen LogP contribution in [-0.4, -0.2) is 22.7 Å². The van der Waals surface area contributed by atoms with Crippen LogP contribution < -0.4 is 19.7 Å². The lowest BCUT2D eigenvalue weighted by atomic mass is 9.84. The zero-order valence-corrected chi connectivity index (χ0v) is 18.3. The van der Waals surface area contributed by atoms with Gasteiger partial charge in [-0.05, 0) is 23.8 Å². The van der Waals surface area contributed by atoms with Crippen molar-refractivity contribution in [3.8, 4) is 11.5 Å². The molecule has 2 heterocycles. The van der Waals surface area contributed by atoms with E-state index >= 15 is 0 Å². The molecule has 2 aromatic carbocycles. The second-order valence-corrected chi connectivity index (χ2v) is 9.77. The van der Waals surface area contributed by atoms with Crippen LogP contribution in [0.4, 0.5) is 5.69 Å². The molecule has 0 bridgehead atoms. The fourth-order valence-electron chi connectivity index (χ4n) is 3.77. The van der Waals surface area contributed by atoms with Crippen molar-refractivity contribution in [1.29, 1.82) is 0 Å². The summed E-state index contributed by atoms with van der Waals surface area (Å²) >= 11 is 18.4. The van der Waals surface area contributed by atoms with E-state index in [0.717, 1.165) is 16.9 Å². The lowest BCUT2D eigenvalue weighted by Gasteiger charge is -2.33. The maximum atomic E-state index is 13.0. The first-order valence-corrected chi connectivity index (χ1v) is 10.1. The van der Waals surface area contributed by atoms with E-state index in [1.165, 1.54) is 6.08 Å².